The summed E-state index contributed by atoms with van der Waals surface area (Å²) in [5.41, 5.74) is 1.74. The van der Waals surface area contributed by atoms with Crippen molar-refractivity contribution in [2.75, 3.05) is 13.1 Å². The molecule has 0 bridgehead atoms. The van der Waals surface area contributed by atoms with Gasteiger partial charge < -0.3 is 4.90 Å². The van der Waals surface area contributed by atoms with Crippen molar-refractivity contribution >= 4 is 16.7 Å². The van der Waals surface area contributed by atoms with Crippen molar-refractivity contribution in [2.24, 2.45) is 0 Å². The van der Waals surface area contributed by atoms with E-state index in [-0.39, 0.29) is 5.91 Å². The average Bonchev–Trinajstić information content (AvgIpc) is 2.68. The van der Waals surface area contributed by atoms with Crippen LogP contribution in [-0.2, 0) is 0 Å². The number of likely N-dealkylation sites (tertiary alicyclic amines) is 1. The highest BCUT2D eigenvalue weighted by atomic mass is 16.2. The van der Waals surface area contributed by atoms with E-state index in [1.165, 1.54) is 5.39 Å². The number of hydrogen-bond acceptors (Lipinski definition) is 3. The first kappa shape index (κ1) is 14.8. The zero-order chi connectivity index (χ0) is 16.4. The molecule has 1 fully saturated rings. The van der Waals surface area contributed by atoms with Crippen LogP contribution in [0.25, 0.3) is 10.8 Å². The van der Waals surface area contributed by atoms with Gasteiger partial charge in [-0.1, -0.05) is 24.3 Å². The molecule has 120 valence electrons. The Morgan fingerprint density at radius 3 is 2.79 bits per heavy atom. The lowest BCUT2D eigenvalue weighted by molar-refractivity contribution is 0.0705. The molecule has 3 aromatic rings. The largest absolute Gasteiger partial charge is 0.338 e. The highest BCUT2D eigenvalue weighted by Gasteiger charge is 2.26. The van der Waals surface area contributed by atoms with Gasteiger partial charge >= 0.3 is 0 Å². The quantitative estimate of drug-likeness (QED) is 0.725. The Hall–Kier alpha value is -2.75. The lowest BCUT2D eigenvalue weighted by Gasteiger charge is -2.32. The Kier molecular flexibility index (Phi) is 3.95. The van der Waals surface area contributed by atoms with Gasteiger partial charge in [-0.3, -0.25) is 14.8 Å². The number of nitrogens with zero attached hydrogens (tertiary/aromatic N) is 3. The first-order chi connectivity index (χ1) is 11.8. The minimum Gasteiger partial charge on any atom is -0.338 e. The third kappa shape index (κ3) is 2.87. The van der Waals surface area contributed by atoms with Crippen LogP contribution in [0.1, 0.15) is 34.8 Å². The predicted octanol–water partition coefficient (Wildman–Crippen LogP) is 3.65. The molecular formula is C20H19N3O. The van der Waals surface area contributed by atoms with Gasteiger partial charge in [0.2, 0.25) is 0 Å². The third-order valence-electron chi connectivity index (χ3n) is 4.69. The molecule has 1 aliphatic rings. The SMILES string of the molecule is O=C(c1cccnc1)N1CCC[C@@H](c2cc3ccccc3cn2)C1. The number of aromatic nitrogens is 2. The van der Waals surface area contributed by atoms with Gasteiger partial charge in [-0.15, -0.1) is 0 Å². The van der Waals surface area contributed by atoms with E-state index in [2.05, 4.69) is 28.2 Å². The summed E-state index contributed by atoms with van der Waals surface area (Å²) < 4.78 is 0. The van der Waals surface area contributed by atoms with E-state index in [1.807, 2.05) is 29.3 Å². The number of pyridine rings is 2. The molecule has 0 unspecified atom stereocenters. The van der Waals surface area contributed by atoms with Crippen molar-refractivity contribution in [1.29, 1.82) is 0 Å². The van der Waals surface area contributed by atoms with Crippen LogP contribution >= 0.6 is 0 Å². The highest BCUT2D eigenvalue weighted by Crippen LogP contribution is 2.28. The van der Waals surface area contributed by atoms with Crippen LogP contribution in [0.4, 0.5) is 0 Å². The molecule has 4 rings (SSSR count). The van der Waals surface area contributed by atoms with Gasteiger partial charge in [-0.05, 0) is 36.4 Å². The Morgan fingerprint density at radius 2 is 1.96 bits per heavy atom. The Morgan fingerprint density at radius 1 is 1.08 bits per heavy atom. The van der Waals surface area contributed by atoms with Gasteiger partial charge in [0.25, 0.3) is 5.91 Å². The molecule has 1 amide bonds. The normalized spacial score (nSPS) is 17.8. The maximum Gasteiger partial charge on any atom is 0.255 e. The standard InChI is InChI=1S/C20H19N3O/c24-20(17-7-3-9-21-12-17)23-10-4-8-18(14-23)19-11-15-5-1-2-6-16(15)13-22-19/h1-3,5-7,9,11-13,18H,4,8,10,14H2/t18-/m1/s1. The Labute approximate surface area is 141 Å². The molecule has 24 heavy (non-hydrogen) atoms. The molecule has 2 aromatic heterocycles. The fourth-order valence-electron chi connectivity index (χ4n) is 3.40. The van der Waals surface area contributed by atoms with Crippen molar-refractivity contribution in [3.05, 3.63) is 72.3 Å². The molecule has 0 N–H and O–H groups in total. The van der Waals surface area contributed by atoms with Crippen LogP contribution in [0.5, 0.6) is 0 Å². The molecule has 1 aliphatic heterocycles. The first-order valence-corrected chi connectivity index (χ1v) is 8.35. The summed E-state index contributed by atoms with van der Waals surface area (Å²) in [7, 11) is 0. The van der Waals surface area contributed by atoms with E-state index in [4.69, 9.17) is 0 Å². The van der Waals surface area contributed by atoms with Crippen molar-refractivity contribution in [1.82, 2.24) is 14.9 Å². The van der Waals surface area contributed by atoms with Crippen molar-refractivity contribution in [2.45, 2.75) is 18.8 Å². The summed E-state index contributed by atoms with van der Waals surface area (Å²) in [6, 6.07) is 14.1. The lowest BCUT2D eigenvalue weighted by Crippen LogP contribution is -2.39. The number of amides is 1. The van der Waals surface area contributed by atoms with Crippen LogP contribution in [0, 0.1) is 0 Å². The molecule has 0 aliphatic carbocycles. The van der Waals surface area contributed by atoms with E-state index in [0.717, 1.165) is 37.0 Å². The van der Waals surface area contributed by atoms with E-state index in [9.17, 15) is 4.79 Å². The average molecular weight is 317 g/mol. The fourth-order valence-corrected chi connectivity index (χ4v) is 3.40. The molecule has 1 atom stereocenters. The number of hydrogen-bond donors (Lipinski definition) is 0. The predicted molar refractivity (Wildman–Crippen MR) is 93.9 cm³/mol. The van der Waals surface area contributed by atoms with Gasteiger partial charge in [0.15, 0.2) is 0 Å². The number of carbonyl (C=O) groups is 1. The minimum atomic E-state index is 0.0635. The van der Waals surface area contributed by atoms with Crippen LogP contribution in [0.2, 0.25) is 0 Å². The monoisotopic (exact) mass is 317 g/mol. The summed E-state index contributed by atoms with van der Waals surface area (Å²) in [6.45, 7) is 1.52. The number of benzene rings is 1. The van der Waals surface area contributed by atoms with Gasteiger partial charge in [-0.25, -0.2) is 0 Å². The number of carbonyl (C=O) groups excluding carboxylic acids is 1. The molecule has 1 aromatic carbocycles. The van der Waals surface area contributed by atoms with Crippen molar-refractivity contribution in [3.8, 4) is 0 Å². The highest BCUT2D eigenvalue weighted by molar-refractivity contribution is 5.94. The van der Waals surface area contributed by atoms with Gasteiger partial charge in [0.05, 0.1) is 5.56 Å². The second-order valence-electron chi connectivity index (χ2n) is 6.29. The molecular weight excluding hydrogens is 298 g/mol. The Balaban J connectivity index is 1.56. The summed E-state index contributed by atoms with van der Waals surface area (Å²) in [5.74, 6) is 0.359. The van der Waals surface area contributed by atoms with Crippen molar-refractivity contribution < 1.29 is 4.79 Å². The number of rotatable bonds is 2. The van der Waals surface area contributed by atoms with Crippen LogP contribution in [-0.4, -0.2) is 33.9 Å². The molecule has 0 spiro atoms. The van der Waals surface area contributed by atoms with E-state index in [1.54, 1.807) is 18.5 Å². The summed E-state index contributed by atoms with van der Waals surface area (Å²) in [6.07, 6.45) is 7.34. The van der Waals surface area contributed by atoms with Gasteiger partial charge in [-0.2, -0.15) is 0 Å². The number of fused-ring (bicyclic) bond motifs is 1. The van der Waals surface area contributed by atoms with E-state index < -0.39 is 0 Å². The summed E-state index contributed by atoms with van der Waals surface area (Å²) >= 11 is 0. The van der Waals surface area contributed by atoms with E-state index in [0.29, 0.717) is 11.5 Å². The zero-order valence-electron chi connectivity index (χ0n) is 13.4. The van der Waals surface area contributed by atoms with Gasteiger partial charge in [0.1, 0.15) is 0 Å². The van der Waals surface area contributed by atoms with Crippen molar-refractivity contribution in [3.63, 3.8) is 0 Å². The first-order valence-electron chi connectivity index (χ1n) is 8.35. The zero-order valence-corrected chi connectivity index (χ0v) is 13.4. The second kappa shape index (κ2) is 6.40. The fraction of sp³-hybridized carbons (Fsp3) is 0.250. The third-order valence-corrected chi connectivity index (χ3v) is 4.69. The molecule has 1 saturated heterocycles. The summed E-state index contributed by atoms with van der Waals surface area (Å²) in [4.78, 5) is 23.3. The van der Waals surface area contributed by atoms with Crippen LogP contribution < -0.4 is 0 Å². The molecule has 0 radical (unpaired) electrons. The second-order valence-corrected chi connectivity index (χ2v) is 6.29. The molecule has 4 nitrogen and oxygen atoms in total. The van der Waals surface area contributed by atoms with Gasteiger partial charge in [0, 0.05) is 48.7 Å². The lowest BCUT2D eigenvalue weighted by atomic mass is 9.93. The maximum absolute atomic E-state index is 12.7. The maximum atomic E-state index is 12.7. The van der Waals surface area contributed by atoms with E-state index >= 15 is 0 Å². The van der Waals surface area contributed by atoms with Crippen LogP contribution in [0.15, 0.2) is 61.1 Å². The molecule has 4 heteroatoms. The Bertz CT molecular complexity index is 863. The topological polar surface area (TPSA) is 46.1 Å². The summed E-state index contributed by atoms with van der Waals surface area (Å²) in [5, 5.41) is 2.36. The van der Waals surface area contributed by atoms with Crippen LogP contribution in [0.3, 0.4) is 0 Å². The minimum absolute atomic E-state index is 0.0635. The molecule has 0 saturated carbocycles. The number of piperidine rings is 1. The smallest absolute Gasteiger partial charge is 0.255 e. The molecule has 3 heterocycles.